The third-order valence-electron chi connectivity index (χ3n) is 4.56. The maximum Gasteiger partial charge on any atom is 0.0574 e. The minimum Gasteiger partial charge on any atom is -0.330 e. The van der Waals surface area contributed by atoms with Crippen molar-refractivity contribution >= 4 is 0 Å². The van der Waals surface area contributed by atoms with Gasteiger partial charge in [0.15, 0.2) is 0 Å². The van der Waals surface area contributed by atoms with Crippen LogP contribution in [-0.2, 0) is 0 Å². The second kappa shape index (κ2) is 9.98. The minimum atomic E-state index is 0.294. The van der Waals surface area contributed by atoms with Crippen LogP contribution in [0.25, 0.3) is 0 Å². The monoisotopic (exact) mass is 319 g/mol. The molecule has 5 heteroatoms. The number of nitrogens with one attached hydrogen (secondary N) is 2. The average molecular weight is 319 g/mol. The molecule has 4 N–H and O–H groups in total. The summed E-state index contributed by atoms with van der Waals surface area (Å²) in [6.45, 7) is 10.6. The molecule has 0 amide bonds. The van der Waals surface area contributed by atoms with Crippen LogP contribution in [0.4, 0.5) is 0 Å². The molecule has 2 heterocycles. The third kappa shape index (κ3) is 6.18. The Labute approximate surface area is 141 Å². The summed E-state index contributed by atoms with van der Waals surface area (Å²) in [5.74, 6) is 0. The van der Waals surface area contributed by atoms with E-state index in [1.165, 1.54) is 12.8 Å². The molecule has 1 aliphatic rings. The van der Waals surface area contributed by atoms with Crippen molar-refractivity contribution in [1.82, 2.24) is 20.5 Å². The van der Waals surface area contributed by atoms with Crippen LogP contribution in [0.15, 0.2) is 18.2 Å². The van der Waals surface area contributed by atoms with Gasteiger partial charge < -0.3 is 21.3 Å². The van der Waals surface area contributed by atoms with Crippen molar-refractivity contribution in [3.63, 3.8) is 0 Å². The number of rotatable bonds is 3. The number of aromatic nitrogens is 1. The van der Waals surface area contributed by atoms with E-state index in [1.807, 2.05) is 0 Å². The summed E-state index contributed by atoms with van der Waals surface area (Å²) in [6.07, 6.45) is 3.42. The summed E-state index contributed by atoms with van der Waals surface area (Å²) in [5.41, 5.74) is 7.93. The van der Waals surface area contributed by atoms with Crippen molar-refractivity contribution in [2.75, 3.05) is 39.3 Å². The largest absolute Gasteiger partial charge is 0.330 e. The van der Waals surface area contributed by atoms with E-state index in [9.17, 15) is 0 Å². The zero-order valence-electron chi connectivity index (χ0n) is 14.7. The first-order chi connectivity index (χ1) is 11.2. The molecule has 2 atom stereocenters. The smallest absolute Gasteiger partial charge is 0.0574 e. The fourth-order valence-electron chi connectivity index (χ4n) is 3.05. The third-order valence-corrected chi connectivity index (χ3v) is 4.56. The number of nitrogens with zero attached hydrogens (tertiary/aromatic N) is 2. The molecule has 1 aromatic rings. The summed E-state index contributed by atoms with van der Waals surface area (Å²) >= 11 is 0. The Morgan fingerprint density at radius 2 is 1.65 bits per heavy atom. The van der Waals surface area contributed by atoms with E-state index in [-0.39, 0.29) is 0 Å². The second-order valence-electron chi connectivity index (χ2n) is 6.53. The Morgan fingerprint density at radius 3 is 2.17 bits per heavy atom. The lowest BCUT2D eigenvalue weighted by Crippen LogP contribution is -2.33. The fraction of sp³-hybridized carbons (Fsp3) is 0.722. The molecule has 0 fully saturated rings. The Hall–Kier alpha value is -1.01. The first-order valence-corrected chi connectivity index (χ1v) is 9.06. The van der Waals surface area contributed by atoms with E-state index in [4.69, 9.17) is 10.7 Å². The molecule has 0 radical (unpaired) electrons. The van der Waals surface area contributed by atoms with Crippen LogP contribution in [0, 0.1) is 0 Å². The van der Waals surface area contributed by atoms with E-state index in [0.29, 0.717) is 12.1 Å². The van der Waals surface area contributed by atoms with Gasteiger partial charge in [-0.25, -0.2) is 0 Å². The number of fused-ring (bicyclic) bond motifs is 2. The highest BCUT2D eigenvalue weighted by Crippen LogP contribution is 2.15. The van der Waals surface area contributed by atoms with Crippen molar-refractivity contribution in [2.24, 2.45) is 5.73 Å². The molecule has 130 valence electrons. The van der Waals surface area contributed by atoms with E-state index in [2.05, 4.69) is 47.6 Å². The van der Waals surface area contributed by atoms with Gasteiger partial charge in [-0.15, -0.1) is 0 Å². The molecule has 0 unspecified atom stereocenters. The second-order valence-corrected chi connectivity index (χ2v) is 6.53. The van der Waals surface area contributed by atoms with E-state index in [0.717, 1.165) is 57.1 Å². The molecular formula is C18H33N5. The molecule has 0 aromatic carbocycles. The predicted molar refractivity (Wildman–Crippen MR) is 96.4 cm³/mol. The van der Waals surface area contributed by atoms with Crippen LogP contribution >= 0.6 is 0 Å². The number of nitrogens with two attached hydrogens (primary N) is 1. The maximum atomic E-state index is 5.67. The van der Waals surface area contributed by atoms with E-state index < -0.39 is 0 Å². The highest BCUT2D eigenvalue weighted by Gasteiger charge is 2.12. The zero-order valence-corrected chi connectivity index (χ0v) is 14.7. The van der Waals surface area contributed by atoms with Gasteiger partial charge in [0.05, 0.1) is 11.4 Å². The van der Waals surface area contributed by atoms with Crippen molar-refractivity contribution in [3.05, 3.63) is 29.6 Å². The number of pyridine rings is 1. The standard InChI is InChI=1S/C18H33N5/c1-15-17-7-3-8-18(22-17)16(2)21-11-6-14-23(12-4-9-19)13-5-10-20-15/h3,7-8,15-16,20-21H,4-6,9-14,19H2,1-2H3/t15-,16+. The van der Waals surface area contributed by atoms with Gasteiger partial charge in [0.25, 0.3) is 0 Å². The van der Waals surface area contributed by atoms with Crippen LogP contribution < -0.4 is 16.4 Å². The fourth-order valence-corrected chi connectivity index (χ4v) is 3.05. The van der Waals surface area contributed by atoms with Crippen LogP contribution in [0.3, 0.4) is 0 Å². The Balaban J connectivity index is 2.00. The molecule has 0 aliphatic carbocycles. The van der Waals surface area contributed by atoms with Crippen LogP contribution in [0.5, 0.6) is 0 Å². The molecule has 1 aliphatic heterocycles. The predicted octanol–water partition coefficient (Wildman–Crippen LogP) is 1.83. The van der Waals surface area contributed by atoms with Gasteiger partial charge in [0.2, 0.25) is 0 Å². The van der Waals surface area contributed by atoms with Gasteiger partial charge in [0, 0.05) is 12.1 Å². The number of hydrogen-bond acceptors (Lipinski definition) is 5. The molecule has 0 saturated heterocycles. The van der Waals surface area contributed by atoms with Crippen molar-refractivity contribution in [3.8, 4) is 0 Å². The topological polar surface area (TPSA) is 66.2 Å². The van der Waals surface area contributed by atoms with Crippen LogP contribution in [0.1, 0.15) is 56.6 Å². The lowest BCUT2D eigenvalue weighted by Gasteiger charge is -2.24. The average Bonchev–Trinajstić information content (AvgIpc) is 2.58. The number of hydrogen-bond donors (Lipinski definition) is 3. The lowest BCUT2D eigenvalue weighted by molar-refractivity contribution is 0.260. The highest BCUT2D eigenvalue weighted by atomic mass is 15.1. The summed E-state index contributed by atoms with van der Waals surface area (Å²) in [6, 6.07) is 6.94. The zero-order chi connectivity index (χ0) is 16.5. The summed E-state index contributed by atoms with van der Waals surface area (Å²) in [7, 11) is 0. The van der Waals surface area contributed by atoms with Gasteiger partial charge in [0.1, 0.15) is 0 Å². The molecule has 5 nitrogen and oxygen atoms in total. The first-order valence-electron chi connectivity index (χ1n) is 9.06. The minimum absolute atomic E-state index is 0.294. The quantitative estimate of drug-likeness (QED) is 0.793. The van der Waals surface area contributed by atoms with Crippen LogP contribution in [-0.4, -0.2) is 49.2 Å². The first kappa shape index (κ1) is 18.3. The molecule has 1 aromatic heterocycles. The van der Waals surface area contributed by atoms with E-state index in [1.54, 1.807) is 0 Å². The summed E-state index contributed by atoms with van der Waals surface area (Å²) < 4.78 is 0. The van der Waals surface area contributed by atoms with Gasteiger partial charge in [-0.3, -0.25) is 4.98 Å². The molecular weight excluding hydrogens is 286 g/mol. The maximum absolute atomic E-state index is 5.67. The molecule has 2 bridgehead atoms. The van der Waals surface area contributed by atoms with Crippen molar-refractivity contribution < 1.29 is 0 Å². The summed E-state index contributed by atoms with van der Waals surface area (Å²) in [4.78, 5) is 7.38. The molecule has 0 saturated carbocycles. The van der Waals surface area contributed by atoms with Gasteiger partial charge in [-0.05, 0) is 84.5 Å². The normalized spacial score (nSPS) is 25.0. The lowest BCUT2D eigenvalue weighted by atomic mass is 10.1. The molecule has 0 spiro atoms. The molecule has 2 rings (SSSR count). The van der Waals surface area contributed by atoms with Crippen LogP contribution in [0.2, 0.25) is 0 Å². The Morgan fingerprint density at radius 1 is 1.09 bits per heavy atom. The van der Waals surface area contributed by atoms with Crippen molar-refractivity contribution in [1.29, 1.82) is 0 Å². The Bertz CT molecular complexity index is 418. The van der Waals surface area contributed by atoms with Gasteiger partial charge >= 0.3 is 0 Å². The van der Waals surface area contributed by atoms with Gasteiger partial charge in [-0.1, -0.05) is 6.07 Å². The highest BCUT2D eigenvalue weighted by molar-refractivity contribution is 5.16. The Kier molecular flexibility index (Phi) is 7.95. The van der Waals surface area contributed by atoms with Crippen molar-refractivity contribution in [2.45, 2.75) is 45.2 Å². The van der Waals surface area contributed by atoms with E-state index >= 15 is 0 Å². The summed E-state index contributed by atoms with van der Waals surface area (Å²) in [5, 5.41) is 7.20. The van der Waals surface area contributed by atoms with Gasteiger partial charge in [-0.2, -0.15) is 0 Å². The molecule has 23 heavy (non-hydrogen) atoms. The SMILES string of the molecule is C[C@@H]1NCCCN(CCCN)CCCN[C@H](C)c2cccc1n2.